The van der Waals surface area contributed by atoms with Gasteiger partial charge in [0.15, 0.2) is 0 Å². The minimum absolute atomic E-state index is 0.480. The molecule has 3 heteroatoms. The molecule has 0 aliphatic carbocycles. The number of nitrogens with two attached hydrogens (primary N) is 1. The van der Waals surface area contributed by atoms with Gasteiger partial charge in [0.05, 0.1) is 0 Å². The molecule has 0 radical (unpaired) electrons. The Bertz CT molecular complexity index is 352. The molecular weight excluding hydrogens is 222 g/mol. The number of rotatable bonds is 4. The molecule has 1 aliphatic heterocycles. The Morgan fingerprint density at radius 3 is 2.61 bits per heavy atom. The van der Waals surface area contributed by atoms with Crippen molar-refractivity contribution in [2.75, 3.05) is 33.2 Å². The first-order chi connectivity index (χ1) is 8.76. The fraction of sp³-hybridized carbons (Fsp3) is 0.600. The number of piperazine rings is 1. The Morgan fingerprint density at radius 2 is 2.00 bits per heavy atom. The summed E-state index contributed by atoms with van der Waals surface area (Å²) in [5, 5.41) is 0. The van der Waals surface area contributed by atoms with Crippen LogP contribution in [-0.4, -0.2) is 49.1 Å². The maximum Gasteiger partial charge on any atom is 0.0352 e. The van der Waals surface area contributed by atoms with Crippen LogP contribution in [0.2, 0.25) is 0 Å². The van der Waals surface area contributed by atoms with Crippen molar-refractivity contribution in [3.8, 4) is 0 Å². The van der Waals surface area contributed by atoms with Crippen molar-refractivity contribution in [3.63, 3.8) is 0 Å². The van der Waals surface area contributed by atoms with Crippen molar-refractivity contribution < 1.29 is 0 Å². The lowest BCUT2D eigenvalue weighted by Gasteiger charge is -2.44. The molecule has 0 bridgehead atoms. The van der Waals surface area contributed by atoms with E-state index in [0.29, 0.717) is 12.1 Å². The lowest BCUT2D eigenvalue weighted by atomic mass is 9.99. The quantitative estimate of drug-likeness (QED) is 0.879. The van der Waals surface area contributed by atoms with Crippen LogP contribution in [0.4, 0.5) is 0 Å². The van der Waals surface area contributed by atoms with E-state index in [9.17, 15) is 0 Å². The summed E-state index contributed by atoms with van der Waals surface area (Å²) in [4.78, 5) is 4.97. The average Bonchev–Trinajstić information content (AvgIpc) is 2.42. The van der Waals surface area contributed by atoms with E-state index in [4.69, 9.17) is 5.73 Å². The highest BCUT2D eigenvalue weighted by Gasteiger charge is 2.29. The number of benzene rings is 1. The zero-order valence-electron chi connectivity index (χ0n) is 11.5. The van der Waals surface area contributed by atoms with E-state index >= 15 is 0 Å². The van der Waals surface area contributed by atoms with Crippen molar-refractivity contribution in [2.24, 2.45) is 5.73 Å². The lowest BCUT2D eigenvalue weighted by molar-refractivity contribution is 0.0538. The SMILES string of the molecule is CCC(c1ccccc1)N1CCN(C)CC1CN. The summed E-state index contributed by atoms with van der Waals surface area (Å²) in [6.45, 7) is 6.35. The zero-order chi connectivity index (χ0) is 13.0. The molecular formula is C15H25N3. The molecule has 0 aromatic heterocycles. The van der Waals surface area contributed by atoms with Crippen LogP contribution in [0.15, 0.2) is 30.3 Å². The van der Waals surface area contributed by atoms with Gasteiger partial charge in [0.1, 0.15) is 0 Å². The highest BCUT2D eigenvalue weighted by molar-refractivity contribution is 5.19. The van der Waals surface area contributed by atoms with Gasteiger partial charge in [-0.25, -0.2) is 0 Å². The van der Waals surface area contributed by atoms with E-state index in [0.717, 1.165) is 32.6 Å². The van der Waals surface area contributed by atoms with Crippen LogP contribution in [0, 0.1) is 0 Å². The van der Waals surface area contributed by atoms with Gasteiger partial charge >= 0.3 is 0 Å². The summed E-state index contributed by atoms with van der Waals surface area (Å²) in [7, 11) is 2.18. The molecule has 2 rings (SSSR count). The van der Waals surface area contributed by atoms with Crippen molar-refractivity contribution in [3.05, 3.63) is 35.9 Å². The third-order valence-electron chi connectivity index (χ3n) is 3.97. The highest BCUT2D eigenvalue weighted by atomic mass is 15.3. The van der Waals surface area contributed by atoms with E-state index in [-0.39, 0.29) is 0 Å². The Labute approximate surface area is 111 Å². The molecule has 2 N–H and O–H groups in total. The third kappa shape index (κ3) is 2.91. The Hall–Kier alpha value is -0.900. The van der Waals surface area contributed by atoms with E-state index < -0.39 is 0 Å². The molecule has 1 saturated heterocycles. The van der Waals surface area contributed by atoms with Gasteiger partial charge in [0, 0.05) is 38.3 Å². The Balaban J connectivity index is 2.16. The molecule has 18 heavy (non-hydrogen) atoms. The summed E-state index contributed by atoms with van der Waals surface area (Å²) in [6, 6.07) is 11.8. The lowest BCUT2D eigenvalue weighted by Crippen LogP contribution is -2.55. The molecule has 1 fully saturated rings. The van der Waals surface area contributed by atoms with E-state index in [1.165, 1.54) is 5.56 Å². The first-order valence-corrected chi connectivity index (χ1v) is 6.95. The summed E-state index contributed by atoms with van der Waals surface area (Å²) in [5.41, 5.74) is 7.38. The molecule has 100 valence electrons. The minimum Gasteiger partial charge on any atom is -0.329 e. The van der Waals surface area contributed by atoms with Crippen LogP contribution in [0.1, 0.15) is 24.9 Å². The van der Waals surface area contributed by atoms with Crippen LogP contribution in [-0.2, 0) is 0 Å². The second-order valence-corrected chi connectivity index (χ2v) is 5.22. The van der Waals surface area contributed by atoms with Crippen LogP contribution in [0.5, 0.6) is 0 Å². The van der Waals surface area contributed by atoms with Gasteiger partial charge in [-0.15, -0.1) is 0 Å². The molecule has 1 aromatic rings. The summed E-state index contributed by atoms with van der Waals surface area (Å²) >= 11 is 0. The molecule has 0 amide bonds. The number of nitrogens with zero attached hydrogens (tertiary/aromatic N) is 2. The standard InChI is InChI=1S/C15H25N3/c1-3-15(13-7-5-4-6-8-13)18-10-9-17(2)12-14(18)11-16/h4-8,14-15H,3,9-12,16H2,1-2H3. The second-order valence-electron chi connectivity index (χ2n) is 5.22. The first-order valence-electron chi connectivity index (χ1n) is 6.95. The van der Waals surface area contributed by atoms with Gasteiger partial charge in [-0.05, 0) is 19.0 Å². The van der Waals surface area contributed by atoms with E-state index in [1.54, 1.807) is 0 Å². The maximum absolute atomic E-state index is 5.96. The molecule has 2 unspecified atom stereocenters. The average molecular weight is 247 g/mol. The van der Waals surface area contributed by atoms with Crippen LogP contribution >= 0.6 is 0 Å². The predicted octanol–water partition coefficient (Wildman–Crippen LogP) is 1.71. The number of hydrogen-bond donors (Lipinski definition) is 1. The first kappa shape index (κ1) is 13.5. The third-order valence-corrected chi connectivity index (χ3v) is 3.97. The summed E-state index contributed by atoms with van der Waals surface area (Å²) in [5.74, 6) is 0. The topological polar surface area (TPSA) is 32.5 Å². The maximum atomic E-state index is 5.96. The van der Waals surface area contributed by atoms with Crippen molar-refractivity contribution in [1.29, 1.82) is 0 Å². The van der Waals surface area contributed by atoms with E-state index in [2.05, 4.69) is 54.1 Å². The van der Waals surface area contributed by atoms with Gasteiger partial charge in [-0.3, -0.25) is 4.90 Å². The van der Waals surface area contributed by atoms with Gasteiger partial charge < -0.3 is 10.6 Å². The van der Waals surface area contributed by atoms with Gasteiger partial charge in [-0.1, -0.05) is 37.3 Å². The van der Waals surface area contributed by atoms with Gasteiger partial charge in [0.25, 0.3) is 0 Å². The predicted molar refractivity (Wildman–Crippen MR) is 76.5 cm³/mol. The Morgan fingerprint density at radius 1 is 1.28 bits per heavy atom. The molecule has 0 spiro atoms. The summed E-state index contributed by atoms with van der Waals surface area (Å²) < 4.78 is 0. The van der Waals surface area contributed by atoms with Gasteiger partial charge in [0.2, 0.25) is 0 Å². The zero-order valence-corrected chi connectivity index (χ0v) is 11.5. The van der Waals surface area contributed by atoms with Crippen LogP contribution < -0.4 is 5.73 Å². The van der Waals surface area contributed by atoms with Crippen molar-refractivity contribution >= 4 is 0 Å². The summed E-state index contributed by atoms with van der Waals surface area (Å²) in [6.07, 6.45) is 1.14. The van der Waals surface area contributed by atoms with Gasteiger partial charge in [-0.2, -0.15) is 0 Å². The molecule has 3 nitrogen and oxygen atoms in total. The van der Waals surface area contributed by atoms with Crippen molar-refractivity contribution in [2.45, 2.75) is 25.4 Å². The molecule has 1 aliphatic rings. The second kappa shape index (κ2) is 6.32. The minimum atomic E-state index is 0.480. The molecule has 1 heterocycles. The van der Waals surface area contributed by atoms with Crippen molar-refractivity contribution in [1.82, 2.24) is 9.80 Å². The highest BCUT2D eigenvalue weighted by Crippen LogP contribution is 2.27. The monoisotopic (exact) mass is 247 g/mol. The fourth-order valence-corrected chi connectivity index (χ4v) is 2.98. The number of likely N-dealkylation sites (N-methyl/N-ethyl adjacent to an activating group) is 1. The Kier molecular flexibility index (Phi) is 4.75. The molecule has 2 atom stereocenters. The largest absolute Gasteiger partial charge is 0.329 e. The van der Waals surface area contributed by atoms with Crippen LogP contribution in [0.25, 0.3) is 0 Å². The number of hydrogen-bond acceptors (Lipinski definition) is 3. The molecule has 1 aromatic carbocycles. The fourth-order valence-electron chi connectivity index (χ4n) is 2.98. The molecule has 0 saturated carbocycles. The van der Waals surface area contributed by atoms with E-state index in [1.807, 2.05) is 0 Å². The normalized spacial score (nSPS) is 24.1. The van der Waals surface area contributed by atoms with Crippen LogP contribution in [0.3, 0.4) is 0 Å². The smallest absolute Gasteiger partial charge is 0.0352 e.